The third kappa shape index (κ3) is 2.35. The van der Waals surface area contributed by atoms with Crippen LogP contribution in [0.1, 0.15) is 20.3 Å². The summed E-state index contributed by atoms with van der Waals surface area (Å²) >= 11 is 0. The molecule has 0 bridgehead atoms. The first kappa shape index (κ1) is 12.5. The Balaban J connectivity index is 2.33. The van der Waals surface area contributed by atoms with Crippen molar-refractivity contribution < 1.29 is 12.8 Å². The summed E-state index contributed by atoms with van der Waals surface area (Å²) in [5.74, 6) is -0.0491. The molecule has 0 aromatic heterocycles. The van der Waals surface area contributed by atoms with E-state index >= 15 is 0 Å². The molecule has 0 radical (unpaired) electrons. The Morgan fingerprint density at radius 2 is 1.82 bits per heavy atom. The summed E-state index contributed by atoms with van der Waals surface area (Å²) in [6, 6.07) is 5.01. The van der Waals surface area contributed by atoms with Gasteiger partial charge >= 0.3 is 0 Å². The maximum Gasteiger partial charge on any atom is 0.243 e. The van der Waals surface area contributed by atoms with E-state index in [4.69, 9.17) is 0 Å². The second-order valence-corrected chi connectivity index (χ2v) is 6.61. The fourth-order valence-electron chi connectivity index (χ4n) is 2.34. The van der Waals surface area contributed by atoms with Crippen molar-refractivity contribution in [2.45, 2.75) is 31.2 Å². The summed E-state index contributed by atoms with van der Waals surface area (Å²) in [6.45, 7) is 4.49. The van der Waals surface area contributed by atoms with Crippen LogP contribution in [-0.2, 0) is 10.0 Å². The summed E-state index contributed by atoms with van der Waals surface area (Å²) in [4.78, 5) is 0.167. The molecule has 1 aromatic carbocycles. The molecule has 1 aromatic rings. The summed E-state index contributed by atoms with van der Waals surface area (Å²) in [5.41, 5.74) is 0. The number of benzene rings is 1. The van der Waals surface area contributed by atoms with Crippen molar-refractivity contribution in [1.29, 1.82) is 0 Å². The highest BCUT2D eigenvalue weighted by Gasteiger charge is 2.35. The maximum atomic E-state index is 12.8. The van der Waals surface area contributed by atoms with Crippen LogP contribution >= 0.6 is 0 Å². The molecule has 1 saturated heterocycles. The van der Waals surface area contributed by atoms with Crippen LogP contribution in [-0.4, -0.2) is 25.3 Å². The second-order valence-electron chi connectivity index (χ2n) is 4.72. The monoisotopic (exact) mass is 257 g/mol. The predicted molar refractivity (Wildman–Crippen MR) is 63.5 cm³/mol. The van der Waals surface area contributed by atoms with E-state index in [1.807, 2.05) is 13.8 Å². The molecular formula is C12H16FNO2S. The number of hydrogen-bond acceptors (Lipinski definition) is 2. The van der Waals surface area contributed by atoms with E-state index in [9.17, 15) is 12.8 Å². The molecule has 0 saturated carbocycles. The van der Waals surface area contributed by atoms with E-state index in [-0.39, 0.29) is 10.9 Å². The Morgan fingerprint density at radius 1 is 1.24 bits per heavy atom. The minimum Gasteiger partial charge on any atom is -0.207 e. The van der Waals surface area contributed by atoms with Gasteiger partial charge in [0.2, 0.25) is 10.0 Å². The number of hydrogen-bond donors (Lipinski definition) is 0. The Bertz CT molecular complexity index is 498. The van der Waals surface area contributed by atoms with Gasteiger partial charge in [-0.3, -0.25) is 0 Å². The smallest absolute Gasteiger partial charge is 0.207 e. The largest absolute Gasteiger partial charge is 0.243 e. The van der Waals surface area contributed by atoms with Gasteiger partial charge in [-0.2, -0.15) is 4.31 Å². The van der Waals surface area contributed by atoms with Crippen LogP contribution in [0.2, 0.25) is 0 Å². The van der Waals surface area contributed by atoms with Gasteiger partial charge < -0.3 is 0 Å². The normalized spacial score (nSPS) is 26.3. The average Bonchev–Trinajstić information content (AvgIpc) is 2.59. The zero-order valence-electron chi connectivity index (χ0n) is 9.93. The van der Waals surface area contributed by atoms with Crippen LogP contribution in [0.4, 0.5) is 4.39 Å². The minimum absolute atomic E-state index is 0.0139. The van der Waals surface area contributed by atoms with Crippen molar-refractivity contribution in [3.05, 3.63) is 30.1 Å². The van der Waals surface area contributed by atoms with Gasteiger partial charge in [-0.05, 0) is 43.5 Å². The summed E-state index contributed by atoms with van der Waals surface area (Å²) in [5, 5.41) is 0. The molecular weight excluding hydrogens is 241 g/mol. The zero-order chi connectivity index (χ0) is 12.6. The Hall–Kier alpha value is -0.940. The molecule has 2 rings (SSSR count). The van der Waals surface area contributed by atoms with Crippen LogP contribution in [0.25, 0.3) is 0 Å². The molecule has 5 heteroatoms. The molecule has 0 amide bonds. The molecule has 0 aliphatic carbocycles. The summed E-state index contributed by atoms with van der Waals surface area (Å²) in [7, 11) is -3.47. The van der Waals surface area contributed by atoms with Crippen molar-refractivity contribution in [3.63, 3.8) is 0 Å². The quantitative estimate of drug-likeness (QED) is 0.815. The van der Waals surface area contributed by atoms with Crippen molar-refractivity contribution >= 4 is 10.0 Å². The zero-order valence-corrected chi connectivity index (χ0v) is 10.7. The number of rotatable bonds is 2. The molecule has 0 spiro atoms. The number of nitrogens with zero attached hydrogens (tertiary/aromatic N) is 1. The van der Waals surface area contributed by atoms with Gasteiger partial charge in [0, 0.05) is 12.6 Å². The Kier molecular flexibility index (Phi) is 3.23. The number of sulfonamides is 1. The lowest BCUT2D eigenvalue weighted by Gasteiger charge is -2.20. The lowest BCUT2D eigenvalue weighted by Crippen LogP contribution is -2.33. The topological polar surface area (TPSA) is 37.4 Å². The van der Waals surface area contributed by atoms with Gasteiger partial charge in [-0.1, -0.05) is 6.92 Å². The highest BCUT2D eigenvalue weighted by atomic mass is 32.2. The van der Waals surface area contributed by atoms with E-state index in [1.165, 1.54) is 28.6 Å². The lowest BCUT2D eigenvalue weighted by molar-refractivity contribution is 0.405. The minimum atomic E-state index is -3.47. The van der Waals surface area contributed by atoms with Crippen molar-refractivity contribution in [1.82, 2.24) is 4.31 Å². The van der Waals surface area contributed by atoms with E-state index in [2.05, 4.69) is 0 Å². The molecule has 2 atom stereocenters. The van der Waals surface area contributed by atoms with Crippen LogP contribution in [0.3, 0.4) is 0 Å². The first-order chi connectivity index (χ1) is 7.91. The standard InChI is InChI=1S/C12H16FNO2S/c1-9-7-10(2)14(8-9)17(15,16)12-5-3-11(13)4-6-12/h3-6,9-10H,7-8H2,1-2H3. The van der Waals surface area contributed by atoms with E-state index in [1.54, 1.807) is 0 Å². The van der Waals surface area contributed by atoms with Crippen LogP contribution in [0.5, 0.6) is 0 Å². The fourth-order valence-corrected chi connectivity index (χ4v) is 4.10. The molecule has 1 heterocycles. The molecule has 1 aliphatic heterocycles. The maximum absolute atomic E-state index is 12.8. The average molecular weight is 257 g/mol. The van der Waals surface area contributed by atoms with E-state index in [0.717, 1.165) is 6.42 Å². The first-order valence-corrected chi connectivity index (χ1v) is 7.12. The molecule has 94 valence electrons. The molecule has 1 aliphatic rings. The summed E-state index contributed by atoms with van der Waals surface area (Å²) < 4.78 is 38.9. The molecule has 3 nitrogen and oxygen atoms in total. The van der Waals surface area contributed by atoms with Crippen LogP contribution in [0, 0.1) is 11.7 Å². The number of halogens is 1. The van der Waals surface area contributed by atoms with Gasteiger partial charge in [0.1, 0.15) is 5.82 Å². The third-order valence-corrected chi connectivity index (χ3v) is 5.14. The highest BCUT2D eigenvalue weighted by Crippen LogP contribution is 2.28. The predicted octanol–water partition coefficient (Wildman–Crippen LogP) is 2.24. The van der Waals surface area contributed by atoms with Crippen LogP contribution in [0.15, 0.2) is 29.2 Å². The molecule has 17 heavy (non-hydrogen) atoms. The van der Waals surface area contributed by atoms with Crippen molar-refractivity contribution in [3.8, 4) is 0 Å². The summed E-state index contributed by atoms with van der Waals surface area (Å²) in [6.07, 6.45) is 0.875. The molecule has 0 N–H and O–H groups in total. The van der Waals surface area contributed by atoms with Crippen molar-refractivity contribution in [2.24, 2.45) is 5.92 Å². The fraction of sp³-hybridized carbons (Fsp3) is 0.500. The highest BCUT2D eigenvalue weighted by molar-refractivity contribution is 7.89. The van der Waals surface area contributed by atoms with Gasteiger partial charge in [0.25, 0.3) is 0 Å². The Morgan fingerprint density at radius 3 is 2.29 bits per heavy atom. The SMILES string of the molecule is CC1CC(C)N(S(=O)(=O)c2ccc(F)cc2)C1. The Labute approximate surface area is 101 Å². The second kappa shape index (κ2) is 4.38. The van der Waals surface area contributed by atoms with E-state index in [0.29, 0.717) is 12.5 Å². The van der Waals surface area contributed by atoms with Gasteiger partial charge in [-0.15, -0.1) is 0 Å². The molecule has 1 fully saturated rings. The lowest BCUT2D eigenvalue weighted by atomic mass is 10.1. The van der Waals surface area contributed by atoms with Crippen LogP contribution < -0.4 is 0 Å². The van der Waals surface area contributed by atoms with Gasteiger partial charge in [0.05, 0.1) is 4.90 Å². The van der Waals surface area contributed by atoms with Crippen molar-refractivity contribution in [2.75, 3.05) is 6.54 Å². The van der Waals surface area contributed by atoms with Gasteiger partial charge in [-0.25, -0.2) is 12.8 Å². The third-order valence-electron chi connectivity index (χ3n) is 3.15. The van der Waals surface area contributed by atoms with Gasteiger partial charge in [0.15, 0.2) is 0 Å². The first-order valence-electron chi connectivity index (χ1n) is 5.68. The van der Waals surface area contributed by atoms with E-state index < -0.39 is 15.8 Å². The molecule has 2 unspecified atom stereocenters.